The number of thioether (sulfide) groups is 1. The number of Topliss-reactive ketones (excluding diaryl/α,β-unsaturated/α-hetero) is 2. The highest BCUT2D eigenvalue weighted by atomic mass is 32.2. The van der Waals surface area contributed by atoms with Gasteiger partial charge in [-0.15, -0.1) is 22.7 Å². The van der Waals surface area contributed by atoms with E-state index in [-0.39, 0.29) is 57.4 Å². The summed E-state index contributed by atoms with van der Waals surface area (Å²) in [6, 6.07) is 38.6. The number of carbonyl (C=O) groups is 4. The second kappa shape index (κ2) is 16.1. The van der Waals surface area contributed by atoms with Gasteiger partial charge in [0.15, 0.2) is 39.3 Å². The van der Waals surface area contributed by atoms with Crippen LogP contribution >= 0.6 is 45.8 Å². The van der Waals surface area contributed by atoms with Crippen LogP contribution in [0.3, 0.4) is 0 Å². The molecule has 1 unspecified atom stereocenters. The zero-order chi connectivity index (χ0) is 47.4. The molecule has 0 bridgehead atoms. The number of ketones is 2. The molecule has 7 aromatic carbocycles. The van der Waals surface area contributed by atoms with E-state index in [9.17, 15) is 19.2 Å². The quantitative estimate of drug-likeness (QED) is 0.103. The summed E-state index contributed by atoms with van der Waals surface area (Å²) in [7, 11) is 0. The van der Waals surface area contributed by atoms with Gasteiger partial charge < -0.3 is 24.8 Å². The van der Waals surface area contributed by atoms with Crippen molar-refractivity contribution in [1.82, 2.24) is 4.98 Å². The van der Waals surface area contributed by atoms with Crippen LogP contribution in [-0.4, -0.2) is 40.0 Å². The van der Waals surface area contributed by atoms with Crippen molar-refractivity contribution in [2.75, 3.05) is 10.6 Å². The smallest absolute Gasteiger partial charge is 0.367 e. The van der Waals surface area contributed by atoms with Crippen molar-refractivity contribution >= 4 is 121 Å². The fourth-order valence-corrected chi connectivity index (χ4v) is 14.3. The maximum Gasteiger partial charge on any atom is 0.367 e. The zero-order valence-corrected chi connectivity index (χ0v) is 39.2. The number of ether oxygens (including phenoxy) is 3. The average molecular weight is 995 g/mol. The van der Waals surface area contributed by atoms with Crippen molar-refractivity contribution in [3.05, 3.63) is 187 Å². The molecule has 17 heteroatoms. The predicted octanol–water partition coefficient (Wildman–Crippen LogP) is 9.48. The Labute approximate surface area is 410 Å². The van der Waals surface area contributed by atoms with E-state index < -0.39 is 39.9 Å². The molecule has 0 spiro atoms. The lowest BCUT2D eigenvalue weighted by molar-refractivity contribution is -0.183. The Morgan fingerprint density at radius 1 is 0.671 bits per heavy atom. The number of thiophene rings is 2. The van der Waals surface area contributed by atoms with Crippen LogP contribution in [-0.2, 0) is 37.9 Å². The Morgan fingerprint density at radius 3 is 1.76 bits per heavy atom. The number of fused-ring (bicyclic) bond motifs is 11. The lowest BCUT2D eigenvalue weighted by Gasteiger charge is -2.34. The molecule has 1 aliphatic carbocycles. The largest absolute Gasteiger partial charge is 0.457 e. The van der Waals surface area contributed by atoms with Gasteiger partial charge in [-0.2, -0.15) is 0 Å². The molecule has 3 aliphatic rings. The minimum absolute atomic E-state index is 0.162. The van der Waals surface area contributed by atoms with Crippen LogP contribution < -0.4 is 31.6 Å². The molecule has 13 rings (SSSR count). The van der Waals surface area contributed by atoms with Gasteiger partial charge in [0, 0.05) is 21.9 Å². The highest BCUT2D eigenvalue weighted by Gasteiger charge is 2.61. The summed E-state index contributed by atoms with van der Waals surface area (Å²) in [4.78, 5) is 97.0. The van der Waals surface area contributed by atoms with Gasteiger partial charge in [-0.1, -0.05) is 132 Å². The van der Waals surface area contributed by atoms with Crippen LogP contribution in [0.25, 0.3) is 51.6 Å². The molecule has 13 nitrogen and oxygen atoms in total. The number of hydrogen-bond donors (Lipinski definition) is 2. The topological polar surface area (TPSA) is 179 Å². The fourth-order valence-electron chi connectivity index (χ4n) is 9.25. The Morgan fingerprint density at radius 2 is 1.20 bits per heavy atom. The van der Waals surface area contributed by atoms with Crippen LogP contribution in [0, 0.1) is 0 Å². The first-order valence-corrected chi connectivity index (χ1v) is 25.2. The SMILES string of the molecule is O=C1c2cc3ccccc3cc2C(=O)C1Nc1nc2sc3c(c2s1)OC(C(=O)OCc1ccccc1)(C(=O)OCc1ccccc1)c1c-3sc2c1SC(N=c1c(=O)c3cc4ccccc4cc3c1=O)N2. The molecule has 340 valence electrons. The third-order valence-corrected chi connectivity index (χ3v) is 17.3. The van der Waals surface area contributed by atoms with Gasteiger partial charge >= 0.3 is 17.5 Å². The molecule has 0 radical (unpaired) electrons. The number of rotatable bonds is 9. The van der Waals surface area contributed by atoms with Gasteiger partial charge in [0.05, 0.1) is 20.2 Å². The number of anilines is 2. The molecule has 70 heavy (non-hydrogen) atoms. The van der Waals surface area contributed by atoms with E-state index in [0.29, 0.717) is 51.4 Å². The van der Waals surface area contributed by atoms with Crippen molar-refractivity contribution in [2.24, 2.45) is 4.99 Å². The summed E-state index contributed by atoms with van der Waals surface area (Å²) in [6.07, 6.45) is 0. The monoisotopic (exact) mass is 994 g/mol. The van der Waals surface area contributed by atoms with E-state index in [2.05, 4.69) is 15.6 Å². The Kier molecular flexibility index (Phi) is 9.74. The molecule has 0 saturated heterocycles. The summed E-state index contributed by atoms with van der Waals surface area (Å²) < 4.78 is 19.4. The summed E-state index contributed by atoms with van der Waals surface area (Å²) in [5.41, 5.74) is -2.34. The lowest BCUT2D eigenvalue weighted by Crippen LogP contribution is -2.52. The number of hydrogen-bond acceptors (Lipinski definition) is 17. The molecule has 5 heterocycles. The van der Waals surface area contributed by atoms with Crippen LogP contribution in [0.5, 0.6) is 5.75 Å². The molecule has 0 saturated carbocycles. The number of thiazole rings is 1. The lowest BCUT2D eigenvalue weighted by atomic mass is 9.90. The third kappa shape index (κ3) is 6.56. The highest BCUT2D eigenvalue weighted by Crippen LogP contribution is 2.63. The first-order valence-electron chi connectivity index (χ1n) is 21.9. The summed E-state index contributed by atoms with van der Waals surface area (Å²) in [5.74, 6) is -2.69. The van der Waals surface area contributed by atoms with E-state index in [0.717, 1.165) is 44.6 Å². The molecule has 0 fully saturated rings. The maximum absolute atomic E-state index is 15.2. The van der Waals surface area contributed by atoms with Crippen LogP contribution in [0.2, 0.25) is 0 Å². The Balaban J connectivity index is 0.921. The highest BCUT2D eigenvalue weighted by molar-refractivity contribution is 8.00. The fraction of sp³-hybridized carbons (Fsp3) is 0.0943. The number of benzene rings is 6. The van der Waals surface area contributed by atoms with Gasteiger partial charge in [0.2, 0.25) is 10.9 Å². The predicted molar refractivity (Wildman–Crippen MR) is 271 cm³/mol. The van der Waals surface area contributed by atoms with Crippen molar-refractivity contribution in [2.45, 2.75) is 35.2 Å². The molecular weight excluding hydrogens is 965 g/mol. The number of esters is 2. The van der Waals surface area contributed by atoms with Crippen molar-refractivity contribution < 1.29 is 33.4 Å². The molecule has 1 atom stereocenters. The number of nitrogens with zero attached hydrogens (tertiary/aromatic N) is 2. The van der Waals surface area contributed by atoms with Crippen LogP contribution in [0.4, 0.5) is 10.1 Å². The van der Waals surface area contributed by atoms with Gasteiger partial charge in [-0.25, -0.2) is 19.6 Å². The van der Waals surface area contributed by atoms with Gasteiger partial charge in [-0.05, 0) is 56.9 Å². The van der Waals surface area contributed by atoms with Gasteiger partial charge in [0.25, 0.3) is 0 Å². The molecule has 3 aromatic heterocycles. The average Bonchev–Trinajstić information content (AvgIpc) is 4.22. The molecule has 2 N–H and O–H groups in total. The number of aromatic nitrogens is 1. The van der Waals surface area contributed by atoms with E-state index in [1.165, 1.54) is 22.7 Å². The second-order valence-corrected chi connectivity index (χ2v) is 20.9. The third-order valence-electron chi connectivity index (χ3n) is 12.6. The molecule has 10 aromatic rings. The van der Waals surface area contributed by atoms with Crippen molar-refractivity contribution in [3.8, 4) is 15.5 Å². The van der Waals surface area contributed by atoms with Crippen molar-refractivity contribution in [3.63, 3.8) is 0 Å². The van der Waals surface area contributed by atoms with Gasteiger partial charge in [0.1, 0.15) is 27.7 Å². The standard InChI is InChI=1S/C53H30N4O9S4/c58-38-31-19-27-15-7-8-16-28(27)20-32(31)39(59)36(38)54-51-56-47-44(69-51)35-43(67-47)45-42(66-53(35,49(62)64-23-25-11-3-1-4-12-25)50(63)65-24-26-13-5-2-6-14-26)46-48(68-45)57-52(70-46)55-37-40(60)33-21-29-17-9-10-18-30(29)22-34(33)41(37)61/h1-22,37,51,56H,23-24H2,(H,55,57). The number of nitrogens with one attached hydrogen (secondary N) is 2. The molecule has 2 aliphatic heterocycles. The van der Waals surface area contributed by atoms with E-state index in [1.54, 1.807) is 72.8 Å². The molecule has 0 amide bonds. The zero-order valence-electron chi connectivity index (χ0n) is 36.0. The Hall–Kier alpha value is -7.83. The van der Waals surface area contributed by atoms with E-state index in [4.69, 9.17) is 19.2 Å². The first-order chi connectivity index (χ1) is 34.1. The van der Waals surface area contributed by atoms with Crippen LogP contribution in [0.1, 0.15) is 37.4 Å². The summed E-state index contributed by atoms with van der Waals surface area (Å²) in [5, 5.41) is 10.8. The summed E-state index contributed by atoms with van der Waals surface area (Å²) >= 11 is 4.73. The molecular formula is C53H30N4O9S4. The number of carbonyl (C=O) groups excluding carboxylic acids is 4. The maximum atomic E-state index is 15.2. The Bertz CT molecular complexity index is 3900. The minimum atomic E-state index is -2.56. The first kappa shape index (κ1) is 42.3. The summed E-state index contributed by atoms with van der Waals surface area (Å²) in [6.45, 7) is -0.413. The van der Waals surface area contributed by atoms with E-state index >= 15 is 9.59 Å². The van der Waals surface area contributed by atoms with Crippen LogP contribution in [0.15, 0.2) is 153 Å². The van der Waals surface area contributed by atoms with E-state index in [1.807, 2.05) is 60.7 Å². The second-order valence-electron chi connectivity index (χ2n) is 16.8. The normalized spacial score (nSPS) is 15.6. The van der Waals surface area contributed by atoms with Crippen molar-refractivity contribution in [1.29, 1.82) is 0 Å². The minimum Gasteiger partial charge on any atom is -0.457 e. The van der Waals surface area contributed by atoms with Gasteiger partial charge in [-0.3, -0.25) is 19.2 Å².